The number of ether oxygens (including phenoxy) is 1. The van der Waals surface area contributed by atoms with Gasteiger partial charge in [-0.25, -0.2) is 22.7 Å². The normalized spacial score (nSPS) is 25.4. The molecule has 4 rings (SSSR count). The number of hydrogen-bond donors (Lipinski definition) is 2. The molecule has 9 nitrogen and oxygen atoms in total. The Balaban J connectivity index is 1.75. The number of guanidine groups is 1. The number of carbonyl (C=O) groups is 1. The van der Waals surface area contributed by atoms with Crippen molar-refractivity contribution in [2.24, 2.45) is 10.7 Å². The summed E-state index contributed by atoms with van der Waals surface area (Å²) in [5, 5.41) is 2.02. The minimum absolute atomic E-state index is 0.0353. The van der Waals surface area contributed by atoms with E-state index >= 15 is 0 Å². The van der Waals surface area contributed by atoms with Crippen molar-refractivity contribution in [3.05, 3.63) is 44.7 Å². The molecule has 0 aliphatic carbocycles. The first-order valence-electron chi connectivity index (χ1n) is 9.11. The van der Waals surface area contributed by atoms with Crippen LogP contribution in [0.1, 0.15) is 26.7 Å². The van der Waals surface area contributed by atoms with E-state index in [0.29, 0.717) is 22.2 Å². The molecule has 2 unspecified atom stereocenters. The van der Waals surface area contributed by atoms with E-state index in [1.54, 1.807) is 12.1 Å². The molecule has 4 heterocycles. The van der Waals surface area contributed by atoms with Gasteiger partial charge in [0, 0.05) is 25.8 Å². The zero-order chi connectivity index (χ0) is 21.7. The standard InChI is InChI=1S/C18H20ClN5O4S2/c1-10-4-3-5-14(21-10)22-16(25)12-8-11(19)15(29-12)18-6-7-28-9-13(18)30(26,27)24(2)17(20)23-18/h3-5,8,13H,6-7,9H2,1-2H3,(H2,20,23)(H,21,22,25). The smallest absolute Gasteiger partial charge is 0.266 e. The summed E-state index contributed by atoms with van der Waals surface area (Å²) in [5.74, 6) is -0.0936. The molecule has 2 aromatic heterocycles. The fourth-order valence-electron chi connectivity index (χ4n) is 3.65. The number of sulfonamides is 1. The molecule has 0 aromatic carbocycles. The molecule has 1 amide bonds. The number of nitrogens with one attached hydrogen (secondary N) is 1. The van der Waals surface area contributed by atoms with E-state index in [9.17, 15) is 13.2 Å². The monoisotopic (exact) mass is 469 g/mol. The number of aromatic nitrogens is 1. The second-order valence-corrected chi connectivity index (χ2v) is 10.7. The molecule has 2 aliphatic heterocycles. The first-order chi connectivity index (χ1) is 14.1. The zero-order valence-electron chi connectivity index (χ0n) is 16.3. The van der Waals surface area contributed by atoms with Gasteiger partial charge in [0.1, 0.15) is 16.6 Å². The minimum Gasteiger partial charge on any atom is -0.380 e. The van der Waals surface area contributed by atoms with Crippen LogP contribution in [0.15, 0.2) is 29.3 Å². The van der Waals surface area contributed by atoms with Crippen molar-refractivity contribution in [2.75, 3.05) is 25.6 Å². The molecule has 160 valence electrons. The van der Waals surface area contributed by atoms with Crippen LogP contribution in [-0.2, 0) is 20.3 Å². The Labute approximate surface area is 183 Å². The number of pyridine rings is 1. The van der Waals surface area contributed by atoms with E-state index in [0.717, 1.165) is 21.3 Å². The molecular weight excluding hydrogens is 450 g/mol. The molecular formula is C18H20ClN5O4S2. The van der Waals surface area contributed by atoms with Crippen LogP contribution in [0.2, 0.25) is 5.02 Å². The summed E-state index contributed by atoms with van der Waals surface area (Å²) in [6.07, 6.45) is 0.284. The summed E-state index contributed by atoms with van der Waals surface area (Å²) >= 11 is 7.60. The third-order valence-corrected chi connectivity index (χ3v) is 9.15. The third kappa shape index (κ3) is 3.35. The van der Waals surface area contributed by atoms with Gasteiger partial charge >= 0.3 is 0 Å². The number of anilines is 1. The molecule has 12 heteroatoms. The molecule has 0 bridgehead atoms. The number of halogens is 1. The molecule has 2 atom stereocenters. The number of aryl methyl sites for hydroxylation is 1. The van der Waals surface area contributed by atoms with Crippen LogP contribution >= 0.6 is 22.9 Å². The lowest BCUT2D eigenvalue weighted by atomic mass is 9.88. The number of hydrogen-bond acceptors (Lipinski definition) is 8. The van der Waals surface area contributed by atoms with Crippen molar-refractivity contribution in [3.8, 4) is 0 Å². The van der Waals surface area contributed by atoms with Gasteiger partial charge < -0.3 is 15.8 Å². The molecule has 2 aromatic rings. The van der Waals surface area contributed by atoms with Gasteiger partial charge in [0.25, 0.3) is 5.91 Å². The maximum Gasteiger partial charge on any atom is 0.266 e. The lowest BCUT2D eigenvalue weighted by molar-refractivity contribution is 0.0545. The Morgan fingerprint density at radius 3 is 2.97 bits per heavy atom. The summed E-state index contributed by atoms with van der Waals surface area (Å²) in [6, 6.07) is 6.81. The molecule has 1 fully saturated rings. The van der Waals surface area contributed by atoms with Gasteiger partial charge in [-0.05, 0) is 25.1 Å². The zero-order valence-corrected chi connectivity index (χ0v) is 18.6. The summed E-state index contributed by atoms with van der Waals surface area (Å²) in [4.78, 5) is 22.4. The first kappa shape index (κ1) is 21.0. The second kappa shape index (κ2) is 7.49. The lowest BCUT2D eigenvalue weighted by Gasteiger charge is -2.45. The fourth-order valence-corrected chi connectivity index (χ4v) is 7.07. The van der Waals surface area contributed by atoms with Crippen LogP contribution < -0.4 is 11.1 Å². The van der Waals surface area contributed by atoms with Gasteiger partial charge in [0.2, 0.25) is 16.0 Å². The maximum atomic E-state index is 13.0. The van der Waals surface area contributed by atoms with Crippen LogP contribution in [0.4, 0.5) is 5.82 Å². The quantitative estimate of drug-likeness (QED) is 0.707. The van der Waals surface area contributed by atoms with E-state index in [4.69, 9.17) is 22.1 Å². The molecule has 0 saturated carbocycles. The number of aliphatic imine (C=N–C) groups is 1. The number of nitrogens with zero attached hydrogens (tertiary/aromatic N) is 3. The topological polar surface area (TPSA) is 127 Å². The molecule has 0 radical (unpaired) electrons. The summed E-state index contributed by atoms with van der Waals surface area (Å²) in [6.45, 7) is 2.09. The van der Waals surface area contributed by atoms with E-state index in [-0.39, 0.29) is 29.9 Å². The van der Waals surface area contributed by atoms with Crippen LogP contribution in [0, 0.1) is 6.92 Å². The predicted molar refractivity (Wildman–Crippen MR) is 115 cm³/mol. The van der Waals surface area contributed by atoms with Crippen molar-refractivity contribution in [1.82, 2.24) is 9.29 Å². The third-order valence-electron chi connectivity index (χ3n) is 5.24. The van der Waals surface area contributed by atoms with Crippen molar-refractivity contribution in [3.63, 3.8) is 0 Å². The predicted octanol–water partition coefficient (Wildman–Crippen LogP) is 1.93. The highest BCUT2D eigenvalue weighted by molar-refractivity contribution is 7.90. The van der Waals surface area contributed by atoms with Crippen molar-refractivity contribution in [1.29, 1.82) is 0 Å². The maximum absolute atomic E-state index is 13.0. The SMILES string of the molecule is Cc1cccc(NC(=O)c2cc(Cl)c(C34CCOCC3S(=O)(=O)N(C)C(N)=N4)s2)n1. The number of rotatable bonds is 3. The Morgan fingerprint density at radius 1 is 1.47 bits per heavy atom. The van der Waals surface area contributed by atoms with Crippen LogP contribution in [0.25, 0.3) is 0 Å². The summed E-state index contributed by atoms with van der Waals surface area (Å²) in [7, 11) is -2.45. The van der Waals surface area contributed by atoms with Crippen LogP contribution in [0.5, 0.6) is 0 Å². The number of thiophene rings is 1. The summed E-state index contributed by atoms with van der Waals surface area (Å²) in [5.41, 5.74) is 5.51. The van der Waals surface area contributed by atoms with E-state index in [1.165, 1.54) is 13.1 Å². The van der Waals surface area contributed by atoms with Gasteiger partial charge in [-0.1, -0.05) is 17.7 Å². The Kier molecular flexibility index (Phi) is 5.25. The van der Waals surface area contributed by atoms with Crippen LogP contribution in [0.3, 0.4) is 0 Å². The van der Waals surface area contributed by atoms with Gasteiger partial charge in [-0.2, -0.15) is 0 Å². The highest BCUT2D eigenvalue weighted by Gasteiger charge is 2.56. The van der Waals surface area contributed by atoms with Gasteiger partial charge in [-0.3, -0.25) is 4.79 Å². The Morgan fingerprint density at radius 2 is 2.23 bits per heavy atom. The number of carbonyl (C=O) groups excluding carboxylic acids is 1. The van der Waals surface area contributed by atoms with Crippen molar-refractivity contribution < 1.29 is 17.9 Å². The van der Waals surface area contributed by atoms with Gasteiger partial charge in [0.15, 0.2) is 0 Å². The first-order valence-corrected chi connectivity index (χ1v) is 11.8. The fraction of sp³-hybridized carbons (Fsp3) is 0.389. The second-order valence-electron chi connectivity index (χ2n) is 7.13. The lowest BCUT2D eigenvalue weighted by Crippen LogP contribution is -2.60. The van der Waals surface area contributed by atoms with Gasteiger partial charge in [0.05, 0.1) is 21.4 Å². The average Bonchev–Trinajstić information content (AvgIpc) is 3.09. The minimum atomic E-state index is -3.81. The highest BCUT2D eigenvalue weighted by atomic mass is 35.5. The highest BCUT2D eigenvalue weighted by Crippen LogP contribution is 2.48. The van der Waals surface area contributed by atoms with E-state index in [2.05, 4.69) is 15.3 Å². The van der Waals surface area contributed by atoms with E-state index in [1.807, 2.05) is 13.0 Å². The number of fused-ring (bicyclic) bond motifs is 1. The summed E-state index contributed by atoms with van der Waals surface area (Å²) < 4.78 is 32.4. The van der Waals surface area contributed by atoms with Crippen LogP contribution in [-0.4, -0.2) is 55.1 Å². The molecule has 0 spiro atoms. The van der Waals surface area contributed by atoms with Crippen molar-refractivity contribution in [2.45, 2.75) is 24.1 Å². The largest absolute Gasteiger partial charge is 0.380 e. The molecule has 1 saturated heterocycles. The Hall–Kier alpha value is -2.21. The number of amides is 1. The average molecular weight is 470 g/mol. The Bertz CT molecular complexity index is 1150. The number of nitrogens with two attached hydrogens (primary N) is 1. The van der Waals surface area contributed by atoms with Gasteiger partial charge in [-0.15, -0.1) is 11.3 Å². The van der Waals surface area contributed by atoms with E-state index < -0.39 is 20.8 Å². The molecule has 30 heavy (non-hydrogen) atoms. The molecule has 3 N–H and O–H groups in total. The molecule has 2 aliphatic rings. The van der Waals surface area contributed by atoms with Crippen molar-refractivity contribution >= 4 is 50.6 Å².